The second-order valence-corrected chi connectivity index (χ2v) is 13.7. The first-order valence-electron chi connectivity index (χ1n) is 18.4. The van der Waals surface area contributed by atoms with Gasteiger partial charge in [0.1, 0.15) is 11.2 Å². The summed E-state index contributed by atoms with van der Waals surface area (Å²) in [7, 11) is 0. The maximum Gasteiger partial charge on any atom is 0.137 e. The Kier molecular flexibility index (Phi) is 7.85. The Bertz CT molecular complexity index is 2940. The number of rotatable bonds is 7. The van der Waals surface area contributed by atoms with Crippen LogP contribution in [0.3, 0.4) is 0 Å². The second kappa shape index (κ2) is 13.4. The van der Waals surface area contributed by atoms with Crippen molar-refractivity contribution in [3.8, 4) is 44.5 Å². The van der Waals surface area contributed by atoms with Gasteiger partial charge in [-0.2, -0.15) is 0 Å². The topological polar surface area (TPSA) is 16.4 Å². The summed E-state index contributed by atoms with van der Waals surface area (Å²) in [5.41, 5.74) is 14.5. The number of hydrogen-bond acceptors (Lipinski definition) is 2. The fourth-order valence-electron chi connectivity index (χ4n) is 8.01. The normalized spacial score (nSPS) is 11.3. The molecule has 0 unspecified atom stereocenters. The van der Waals surface area contributed by atoms with Gasteiger partial charge in [-0.3, -0.25) is 0 Å². The Labute approximate surface area is 314 Å². The van der Waals surface area contributed by atoms with Gasteiger partial charge in [0, 0.05) is 16.8 Å². The zero-order valence-electron chi connectivity index (χ0n) is 29.6. The van der Waals surface area contributed by atoms with Gasteiger partial charge >= 0.3 is 0 Å². The molecule has 0 aliphatic rings. The molecule has 0 aliphatic heterocycles. The van der Waals surface area contributed by atoms with E-state index in [1.54, 1.807) is 0 Å². The molecule has 0 fully saturated rings. The predicted molar refractivity (Wildman–Crippen MR) is 228 cm³/mol. The van der Waals surface area contributed by atoms with E-state index in [1.807, 2.05) is 6.07 Å². The van der Waals surface area contributed by atoms with Gasteiger partial charge in [-0.1, -0.05) is 170 Å². The van der Waals surface area contributed by atoms with E-state index < -0.39 is 0 Å². The molecule has 54 heavy (non-hydrogen) atoms. The van der Waals surface area contributed by atoms with E-state index in [0.29, 0.717) is 0 Å². The highest BCUT2D eigenvalue weighted by Crippen LogP contribution is 2.47. The van der Waals surface area contributed by atoms with E-state index in [2.05, 4.69) is 211 Å². The molecule has 0 radical (unpaired) electrons. The molecule has 0 amide bonds. The zero-order valence-corrected chi connectivity index (χ0v) is 29.6. The van der Waals surface area contributed by atoms with Crippen molar-refractivity contribution in [2.24, 2.45) is 0 Å². The summed E-state index contributed by atoms with van der Waals surface area (Å²) in [6, 6.07) is 76.0. The average molecular weight is 690 g/mol. The van der Waals surface area contributed by atoms with Crippen molar-refractivity contribution in [3.05, 3.63) is 212 Å². The summed E-state index contributed by atoms with van der Waals surface area (Å²) in [5.74, 6) is 0. The first-order chi connectivity index (χ1) is 26.8. The number of para-hydroxylation sites is 1. The molecule has 0 saturated carbocycles. The summed E-state index contributed by atoms with van der Waals surface area (Å²) < 4.78 is 6.42. The van der Waals surface area contributed by atoms with E-state index in [-0.39, 0.29) is 0 Å². The molecule has 2 heteroatoms. The highest BCUT2D eigenvalue weighted by molar-refractivity contribution is 6.13. The first-order valence-corrected chi connectivity index (χ1v) is 18.4. The monoisotopic (exact) mass is 689 g/mol. The highest BCUT2D eigenvalue weighted by Gasteiger charge is 2.22. The van der Waals surface area contributed by atoms with E-state index in [0.717, 1.165) is 44.6 Å². The Morgan fingerprint density at radius 2 is 0.889 bits per heavy atom. The lowest BCUT2D eigenvalue weighted by Gasteiger charge is -2.27. The molecule has 254 valence electrons. The predicted octanol–water partition coefficient (Wildman–Crippen LogP) is 14.9. The number of furan rings is 1. The molecule has 10 aromatic rings. The first kappa shape index (κ1) is 31.6. The standard InChI is InChI=1S/C52H35NO/c1-3-17-37(18-4-1)43-24-9-10-25-46(43)51-44(38-19-5-2-6-20-38)27-14-28-45(51)40-22-13-23-41(35-40)53(42-33-32-36-16-7-8-21-39(36)34-42)48-29-15-31-50-52(48)47-26-11-12-30-49(47)54-50/h1-35H. The molecule has 1 heterocycles. The molecular formula is C52H35NO. The molecule has 0 saturated heterocycles. The smallest absolute Gasteiger partial charge is 0.137 e. The molecule has 0 atom stereocenters. The third-order valence-corrected chi connectivity index (χ3v) is 10.5. The molecule has 0 bridgehead atoms. The summed E-state index contributed by atoms with van der Waals surface area (Å²) in [5, 5.41) is 4.59. The van der Waals surface area contributed by atoms with Crippen molar-refractivity contribution in [1.82, 2.24) is 0 Å². The van der Waals surface area contributed by atoms with Crippen molar-refractivity contribution in [1.29, 1.82) is 0 Å². The van der Waals surface area contributed by atoms with Crippen molar-refractivity contribution >= 4 is 49.8 Å². The average Bonchev–Trinajstić information content (AvgIpc) is 3.64. The van der Waals surface area contributed by atoms with Crippen LogP contribution in [-0.4, -0.2) is 0 Å². The quantitative estimate of drug-likeness (QED) is 0.166. The van der Waals surface area contributed by atoms with Crippen molar-refractivity contribution in [2.45, 2.75) is 0 Å². The lowest BCUT2D eigenvalue weighted by atomic mass is 9.84. The molecule has 9 aromatic carbocycles. The van der Waals surface area contributed by atoms with Gasteiger partial charge in [0.05, 0.1) is 11.1 Å². The number of hydrogen-bond donors (Lipinski definition) is 0. The van der Waals surface area contributed by atoms with Crippen LogP contribution in [0.2, 0.25) is 0 Å². The third-order valence-electron chi connectivity index (χ3n) is 10.5. The van der Waals surface area contributed by atoms with E-state index in [9.17, 15) is 0 Å². The SMILES string of the molecule is c1ccc(-c2ccccc2-c2c(-c3ccccc3)cccc2-c2cccc(N(c3ccc4ccccc4c3)c3cccc4oc5ccccc5c34)c2)cc1. The van der Waals surface area contributed by atoms with Gasteiger partial charge in [0.15, 0.2) is 0 Å². The van der Waals surface area contributed by atoms with Gasteiger partial charge in [-0.25, -0.2) is 0 Å². The molecule has 2 nitrogen and oxygen atoms in total. The Morgan fingerprint density at radius 1 is 0.333 bits per heavy atom. The Morgan fingerprint density at radius 3 is 1.70 bits per heavy atom. The summed E-state index contributed by atoms with van der Waals surface area (Å²) >= 11 is 0. The number of nitrogens with zero attached hydrogens (tertiary/aromatic N) is 1. The zero-order chi connectivity index (χ0) is 35.8. The molecule has 0 N–H and O–H groups in total. The van der Waals surface area contributed by atoms with Gasteiger partial charge < -0.3 is 9.32 Å². The van der Waals surface area contributed by atoms with Gasteiger partial charge in [0.25, 0.3) is 0 Å². The minimum absolute atomic E-state index is 0.867. The lowest BCUT2D eigenvalue weighted by Crippen LogP contribution is -2.10. The molecule has 1 aromatic heterocycles. The van der Waals surface area contributed by atoms with Crippen LogP contribution in [0.5, 0.6) is 0 Å². The molecular weight excluding hydrogens is 655 g/mol. The summed E-state index contributed by atoms with van der Waals surface area (Å²) in [6.45, 7) is 0. The van der Waals surface area contributed by atoms with Crippen LogP contribution in [0.25, 0.3) is 77.2 Å². The Hall–Kier alpha value is -7.16. The second-order valence-electron chi connectivity index (χ2n) is 13.7. The molecule has 0 spiro atoms. The van der Waals surface area contributed by atoms with Crippen molar-refractivity contribution in [2.75, 3.05) is 4.90 Å². The van der Waals surface area contributed by atoms with E-state index in [4.69, 9.17) is 4.42 Å². The maximum atomic E-state index is 6.42. The maximum absolute atomic E-state index is 6.42. The highest BCUT2D eigenvalue weighted by atomic mass is 16.3. The van der Waals surface area contributed by atoms with Crippen LogP contribution in [-0.2, 0) is 0 Å². The fourth-order valence-corrected chi connectivity index (χ4v) is 8.01. The lowest BCUT2D eigenvalue weighted by molar-refractivity contribution is 0.669. The van der Waals surface area contributed by atoms with Crippen molar-refractivity contribution < 1.29 is 4.42 Å². The van der Waals surface area contributed by atoms with Crippen LogP contribution in [0.1, 0.15) is 0 Å². The minimum Gasteiger partial charge on any atom is -0.456 e. The van der Waals surface area contributed by atoms with Gasteiger partial charge in [-0.15, -0.1) is 0 Å². The van der Waals surface area contributed by atoms with E-state index in [1.165, 1.54) is 49.7 Å². The summed E-state index contributed by atoms with van der Waals surface area (Å²) in [4.78, 5) is 2.39. The van der Waals surface area contributed by atoms with Gasteiger partial charge in [-0.05, 0) is 97.7 Å². The van der Waals surface area contributed by atoms with Crippen LogP contribution in [0, 0.1) is 0 Å². The van der Waals surface area contributed by atoms with Crippen molar-refractivity contribution in [3.63, 3.8) is 0 Å². The minimum atomic E-state index is 0.867. The largest absolute Gasteiger partial charge is 0.456 e. The van der Waals surface area contributed by atoms with Crippen LogP contribution >= 0.6 is 0 Å². The van der Waals surface area contributed by atoms with E-state index >= 15 is 0 Å². The number of benzene rings is 9. The molecule has 10 rings (SSSR count). The fraction of sp³-hybridized carbons (Fsp3) is 0. The molecule has 0 aliphatic carbocycles. The van der Waals surface area contributed by atoms with Crippen LogP contribution < -0.4 is 4.90 Å². The number of fused-ring (bicyclic) bond motifs is 4. The summed E-state index contributed by atoms with van der Waals surface area (Å²) in [6.07, 6.45) is 0. The van der Waals surface area contributed by atoms with Crippen LogP contribution in [0.15, 0.2) is 217 Å². The third kappa shape index (κ3) is 5.53. The van der Waals surface area contributed by atoms with Crippen LogP contribution in [0.4, 0.5) is 17.1 Å². The Balaban J connectivity index is 1.23. The van der Waals surface area contributed by atoms with Gasteiger partial charge in [0.2, 0.25) is 0 Å². The number of anilines is 3.